The number of benzene rings is 1. The summed E-state index contributed by atoms with van der Waals surface area (Å²) in [4.78, 5) is 21.3. The first kappa shape index (κ1) is 21.6. The summed E-state index contributed by atoms with van der Waals surface area (Å²) >= 11 is 6.18. The molecule has 0 radical (unpaired) electrons. The molecule has 10 heteroatoms. The molecule has 4 rings (SSSR count). The summed E-state index contributed by atoms with van der Waals surface area (Å²) in [5.74, 6) is -0.464. The van der Waals surface area contributed by atoms with E-state index in [0.717, 1.165) is 11.4 Å². The van der Waals surface area contributed by atoms with Crippen LogP contribution in [0.5, 0.6) is 0 Å². The summed E-state index contributed by atoms with van der Waals surface area (Å²) in [6, 6.07) is 9.72. The highest BCUT2D eigenvalue weighted by molar-refractivity contribution is 6.33. The maximum absolute atomic E-state index is 13.8. The van der Waals surface area contributed by atoms with Crippen molar-refractivity contribution in [1.29, 1.82) is 0 Å². The average molecular weight is 456 g/mol. The smallest absolute Gasteiger partial charge is 0.359 e. The Kier molecular flexibility index (Phi) is 5.75. The minimum absolute atomic E-state index is 0.0557. The SMILES string of the molecule is Cc1cc(C)n(-c2ccc(Cl)c(C(=O)OC(C)c3nc(-c4ccc(C)c(F)c4)no3)n2)n1. The van der Waals surface area contributed by atoms with Crippen LogP contribution in [-0.4, -0.2) is 30.9 Å². The number of aryl methyl sites for hydroxylation is 3. The van der Waals surface area contributed by atoms with E-state index in [1.54, 1.807) is 42.8 Å². The number of hydrogen-bond donors (Lipinski definition) is 0. The second kappa shape index (κ2) is 8.51. The molecule has 0 bridgehead atoms. The maximum atomic E-state index is 13.8. The van der Waals surface area contributed by atoms with Crippen LogP contribution in [0.15, 0.2) is 40.9 Å². The number of halogens is 2. The predicted molar refractivity (Wildman–Crippen MR) is 114 cm³/mol. The predicted octanol–water partition coefficient (Wildman–Crippen LogP) is 4.95. The van der Waals surface area contributed by atoms with E-state index in [4.69, 9.17) is 20.9 Å². The van der Waals surface area contributed by atoms with Crippen molar-refractivity contribution in [1.82, 2.24) is 24.9 Å². The Labute approximate surface area is 188 Å². The molecule has 164 valence electrons. The zero-order valence-corrected chi connectivity index (χ0v) is 18.5. The van der Waals surface area contributed by atoms with Gasteiger partial charge in [0.15, 0.2) is 17.6 Å². The summed E-state index contributed by atoms with van der Waals surface area (Å²) in [5, 5.41) is 8.34. The largest absolute Gasteiger partial charge is 0.448 e. The van der Waals surface area contributed by atoms with Gasteiger partial charge in [-0.05, 0) is 57.5 Å². The van der Waals surface area contributed by atoms with E-state index in [1.165, 1.54) is 6.07 Å². The Balaban J connectivity index is 1.54. The summed E-state index contributed by atoms with van der Waals surface area (Å²) in [6.07, 6.45) is -0.880. The summed E-state index contributed by atoms with van der Waals surface area (Å²) in [7, 11) is 0. The molecule has 0 spiro atoms. The van der Waals surface area contributed by atoms with Crippen LogP contribution in [0.25, 0.3) is 17.2 Å². The number of pyridine rings is 1. The van der Waals surface area contributed by atoms with E-state index in [-0.39, 0.29) is 28.2 Å². The third kappa shape index (κ3) is 4.24. The van der Waals surface area contributed by atoms with Crippen molar-refractivity contribution in [2.24, 2.45) is 0 Å². The molecule has 0 N–H and O–H groups in total. The van der Waals surface area contributed by atoms with Gasteiger partial charge in [-0.3, -0.25) is 0 Å². The third-order valence-electron chi connectivity index (χ3n) is 4.75. The van der Waals surface area contributed by atoms with Gasteiger partial charge >= 0.3 is 5.97 Å². The van der Waals surface area contributed by atoms with Crippen molar-refractivity contribution in [3.63, 3.8) is 0 Å². The van der Waals surface area contributed by atoms with E-state index >= 15 is 0 Å². The zero-order chi connectivity index (χ0) is 23.0. The molecule has 1 aromatic carbocycles. The molecule has 0 amide bonds. The molecule has 0 fully saturated rings. The van der Waals surface area contributed by atoms with Crippen LogP contribution in [-0.2, 0) is 4.74 Å². The lowest BCUT2D eigenvalue weighted by Crippen LogP contribution is -2.14. The van der Waals surface area contributed by atoms with Crippen LogP contribution >= 0.6 is 11.6 Å². The molecular formula is C22H19ClFN5O3. The van der Waals surface area contributed by atoms with Gasteiger partial charge in [-0.2, -0.15) is 10.1 Å². The molecule has 0 aliphatic heterocycles. The van der Waals surface area contributed by atoms with Crippen LogP contribution in [0, 0.1) is 26.6 Å². The standard InChI is InChI=1S/C22H19ClFN5O3/c1-11-5-6-15(10-17(11)24)20-26-21(32-28-20)14(4)31-22(30)19-16(23)7-8-18(25-19)29-13(3)9-12(2)27-29/h5-10,14H,1-4H3. The monoisotopic (exact) mass is 455 g/mol. The Morgan fingerprint density at radius 1 is 1.16 bits per heavy atom. The summed E-state index contributed by atoms with van der Waals surface area (Å²) < 4.78 is 26.1. The first-order valence-electron chi connectivity index (χ1n) is 9.74. The van der Waals surface area contributed by atoms with Gasteiger partial charge in [0.2, 0.25) is 5.82 Å². The van der Waals surface area contributed by atoms with Gasteiger partial charge in [0.25, 0.3) is 5.89 Å². The van der Waals surface area contributed by atoms with Gasteiger partial charge in [-0.1, -0.05) is 28.9 Å². The number of hydrogen-bond acceptors (Lipinski definition) is 7. The first-order chi connectivity index (χ1) is 15.2. The Morgan fingerprint density at radius 3 is 2.62 bits per heavy atom. The molecule has 1 unspecified atom stereocenters. The molecule has 1 atom stereocenters. The van der Waals surface area contributed by atoms with Crippen molar-refractivity contribution >= 4 is 17.6 Å². The van der Waals surface area contributed by atoms with E-state index in [1.807, 2.05) is 19.9 Å². The number of nitrogens with zero attached hydrogens (tertiary/aromatic N) is 5. The fraction of sp³-hybridized carbons (Fsp3) is 0.227. The summed E-state index contributed by atoms with van der Waals surface area (Å²) in [5.41, 5.74) is 2.56. The van der Waals surface area contributed by atoms with Gasteiger partial charge in [-0.15, -0.1) is 0 Å². The Hall–Kier alpha value is -3.59. The first-order valence-corrected chi connectivity index (χ1v) is 10.1. The number of aromatic nitrogens is 5. The lowest BCUT2D eigenvalue weighted by Gasteiger charge is -2.11. The minimum atomic E-state index is -0.880. The van der Waals surface area contributed by atoms with Gasteiger partial charge in [0, 0.05) is 11.3 Å². The lowest BCUT2D eigenvalue weighted by molar-refractivity contribution is 0.0258. The quantitative estimate of drug-likeness (QED) is 0.392. The number of carbonyl (C=O) groups excluding carboxylic acids is 1. The Bertz CT molecular complexity index is 1320. The normalized spacial score (nSPS) is 12.1. The lowest BCUT2D eigenvalue weighted by atomic mass is 10.1. The molecule has 32 heavy (non-hydrogen) atoms. The van der Waals surface area contributed by atoms with Crippen molar-refractivity contribution in [3.8, 4) is 17.2 Å². The van der Waals surface area contributed by atoms with Crippen molar-refractivity contribution in [3.05, 3.63) is 75.8 Å². The number of ether oxygens (including phenoxy) is 1. The van der Waals surface area contributed by atoms with E-state index in [9.17, 15) is 9.18 Å². The molecule has 0 aliphatic rings. The average Bonchev–Trinajstić information content (AvgIpc) is 3.37. The molecule has 4 aromatic rings. The number of carbonyl (C=O) groups is 1. The van der Waals surface area contributed by atoms with Crippen LogP contribution in [0.2, 0.25) is 5.02 Å². The van der Waals surface area contributed by atoms with Crippen LogP contribution in [0.4, 0.5) is 4.39 Å². The molecule has 0 saturated heterocycles. The molecule has 3 aromatic heterocycles. The molecule has 0 saturated carbocycles. The number of rotatable bonds is 5. The minimum Gasteiger partial charge on any atom is -0.448 e. The fourth-order valence-corrected chi connectivity index (χ4v) is 3.25. The molecule has 0 aliphatic carbocycles. The maximum Gasteiger partial charge on any atom is 0.359 e. The fourth-order valence-electron chi connectivity index (χ4n) is 3.07. The van der Waals surface area contributed by atoms with Gasteiger partial charge < -0.3 is 9.26 Å². The van der Waals surface area contributed by atoms with Crippen molar-refractivity contribution in [2.45, 2.75) is 33.8 Å². The van der Waals surface area contributed by atoms with E-state index in [2.05, 4.69) is 20.2 Å². The van der Waals surface area contributed by atoms with Crippen LogP contribution in [0.1, 0.15) is 46.4 Å². The van der Waals surface area contributed by atoms with Crippen LogP contribution in [0.3, 0.4) is 0 Å². The van der Waals surface area contributed by atoms with Gasteiger partial charge in [0.05, 0.1) is 10.7 Å². The van der Waals surface area contributed by atoms with Gasteiger partial charge in [0.1, 0.15) is 5.82 Å². The number of esters is 1. The van der Waals surface area contributed by atoms with E-state index in [0.29, 0.717) is 16.9 Å². The molecule has 8 nitrogen and oxygen atoms in total. The second-order valence-electron chi connectivity index (χ2n) is 7.31. The molecular weight excluding hydrogens is 437 g/mol. The van der Waals surface area contributed by atoms with Crippen molar-refractivity contribution in [2.75, 3.05) is 0 Å². The highest BCUT2D eigenvalue weighted by Gasteiger charge is 2.23. The van der Waals surface area contributed by atoms with E-state index < -0.39 is 12.1 Å². The second-order valence-corrected chi connectivity index (χ2v) is 7.71. The highest BCUT2D eigenvalue weighted by Crippen LogP contribution is 2.25. The van der Waals surface area contributed by atoms with Crippen LogP contribution < -0.4 is 0 Å². The zero-order valence-electron chi connectivity index (χ0n) is 17.8. The third-order valence-corrected chi connectivity index (χ3v) is 5.06. The topological polar surface area (TPSA) is 95.9 Å². The van der Waals surface area contributed by atoms with Crippen molar-refractivity contribution < 1.29 is 18.4 Å². The molecule has 3 heterocycles. The highest BCUT2D eigenvalue weighted by atomic mass is 35.5. The summed E-state index contributed by atoms with van der Waals surface area (Å²) in [6.45, 7) is 6.97. The Morgan fingerprint density at radius 2 is 1.94 bits per heavy atom. The van der Waals surface area contributed by atoms with Gasteiger partial charge in [-0.25, -0.2) is 18.9 Å².